The predicted octanol–water partition coefficient (Wildman–Crippen LogP) is 5.83. The van der Waals surface area contributed by atoms with Crippen molar-refractivity contribution in [3.05, 3.63) is 58.6 Å². The van der Waals surface area contributed by atoms with Crippen LogP contribution in [0.25, 0.3) is 10.4 Å². The molecule has 0 radical (unpaired) electrons. The van der Waals surface area contributed by atoms with Gasteiger partial charge in [0, 0.05) is 13.0 Å². The minimum atomic E-state index is -4.63. The van der Waals surface area contributed by atoms with Gasteiger partial charge >= 0.3 is 6.18 Å². The molecule has 0 spiro atoms. The number of rotatable bonds is 5. The molecule has 2 atom stereocenters. The largest absolute Gasteiger partial charge is 0.434 e. The summed E-state index contributed by atoms with van der Waals surface area (Å²) in [5, 5.41) is 3.47. The summed E-state index contributed by atoms with van der Waals surface area (Å²) >= 11 is 1.31. The lowest BCUT2D eigenvalue weighted by Crippen LogP contribution is -2.57. The molecule has 4 rings (SSSR count). The molecule has 6 nitrogen and oxygen atoms in total. The van der Waals surface area contributed by atoms with E-state index in [2.05, 4.69) is 20.3 Å². The van der Waals surface area contributed by atoms with Crippen LogP contribution in [0.2, 0.25) is 0 Å². The summed E-state index contributed by atoms with van der Waals surface area (Å²) in [5.41, 5.74) is 0.718. The standard InChI is InChI=1S/C24H24F5N5OS/c1-13-5-4-6-16(7-13)21-20(33-15(3)36-21)22(35)34-12-23(25,26)8-14(2)17(34)9-31-19-11-30-18(10-32-19)24(27,28)29/h4-7,10-11,14,17H,8-9,12H2,1-3H3,(H,31,32). The smallest absolute Gasteiger partial charge is 0.367 e. The van der Waals surface area contributed by atoms with Gasteiger partial charge in [0.25, 0.3) is 11.8 Å². The third-order valence-corrected chi connectivity index (χ3v) is 7.01. The predicted molar refractivity (Wildman–Crippen MR) is 126 cm³/mol. The van der Waals surface area contributed by atoms with Crippen molar-refractivity contribution in [2.45, 2.75) is 45.3 Å². The molecule has 1 aliphatic rings. The molecule has 0 aliphatic carbocycles. The molecule has 192 valence electrons. The molecule has 3 heterocycles. The average Bonchev–Trinajstić information content (AvgIpc) is 3.18. The van der Waals surface area contributed by atoms with Gasteiger partial charge in [0.15, 0.2) is 5.69 Å². The van der Waals surface area contributed by atoms with Gasteiger partial charge in [-0.25, -0.2) is 23.7 Å². The van der Waals surface area contributed by atoms with Crippen LogP contribution in [0.5, 0.6) is 0 Å². The van der Waals surface area contributed by atoms with Crippen LogP contribution in [-0.4, -0.2) is 50.8 Å². The van der Waals surface area contributed by atoms with E-state index in [9.17, 15) is 26.7 Å². The molecule has 1 aliphatic heterocycles. The lowest BCUT2D eigenvalue weighted by molar-refractivity contribution is -0.141. The van der Waals surface area contributed by atoms with E-state index in [1.165, 1.54) is 11.3 Å². The van der Waals surface area contributed by atoms with Crippen molar-refractivity contribution >= 4 is 23.1 Å². The normalized spacial score (nSPS) is 19.8. The molecule has 1 aromatic carbocycles. The lowest BCUT2D eigenvalue weighted by Gasteiger charge is -2.43. The quantitative estimate of drug-likeness (QED) is 0.424. The van der Waals surface area contributed by atoms with E-state index in [0.29, 0.717) is 16.1 Å². The fraction of sp³-hybridized carbons (Fsp3) is 0.417. The number of aryl methyl sites for hydroxylation is 2. The molecule has 0 saturated carbocycles. The number of anilines is 1. The van der Waals surface area contributed by atoms with Crippen molar-refractivity contribution in [1.82, 2.24) is 19.9 Å². The Morgan fingerprint density at radius 1 is 1.22 bits per heavy atom. The molecule has 1 saturated heterocycles. The number of alkyl halides is 5. The second-order valence-electron chi connectivity index (χ2n) is 8.98. The summed E-state index contributed by atoms with van der Waals surface area (Å²) in [6.07, 6.45) is -3.53. The molecule has 1 N–H and O–H groups in total. The van der Waals surface area contributed by atoms with Crippen LogP contribution in [0.15, 0.2) is 36.7 Å². The van der Waals surface area contributed by atoms with E-state index in [4.69, 9.17) is 0 Å². The minimum absolute atomic E-state index is 0.00588. The SMILES string of the molecule is Cc1cccc(-c2sc(C)nc2C(=O)N2CC(F)(F)CC(C)C2CNc2cnc(C(F)(F)F)cn2)c1. The highest BCUT2D eigenvalue weighted by Gasteiger charge is 2.47. The fourth-order valence-electron chi connectivity index (χ4n) is 4.34. The Kier molecular flexibility index (Phi) is 7.00. The third-order valence-electron chi connectivity index (χ3n) is 5.99. The van der Waals surface area contributed by atoms with E-state index in [1.807, 2.05) is 31.2 Å². The van der Waals surface area contributed by atoms with E-state index < -0.39 is 48.6 Å². The number of benzene rings is 1. The van der Waals surface area contributed by atoms with Crippen LogP contribution in [0.1, 0.15) is 40.1 Å². The number of hydrogen-bond donors (Lipinski definition) is 1. The number of likely N-dealkylation sites (tertiary alicyclic amines) is 1. The second kappa shape index (κ2) is 9.72. The molecule has 3 aromatic rings. The highest BCUT2D eigenvalue weighted by molar-refractivity contribution is 7.15. The van der Waals surface area contributed by atoms with E-state index in [0.717, 1.165) is 22.2 Å². The zero-order valence-electron chi connectivity index (χ0n) is 19.7. The maximum Gasteiger partial charge on any atom is 0.434 e. The van der Waals surface area contributed by atoms with Crippen molar-refractivity contribution in [3.63, 3.8) is 0 Å². The topological polar surface area (TPSA) is 71.0 Å². The fourth-order valence-corrected chi connectivity index (χ4v) is 5.25. The van der Waals surface area contributed by atoms with Crippen molar-refractivity contribution in [2.75, 3.05) is 18.4 Å². The highest BCUT2D eigenvalue weighted by Crippen LogP contribution is 2.38. The van der Waals surface area contributed by atoms with Gasteiger partial charge in [-0.05, 0) is 25.3 Å². The van der Waals surface area contributed by atoms with E-state index >= 15 is 0 Å². The molecule has 36 heavy (non-hydrogen) atoms. The molecular formula is C24H24F5N5OS. The van der Waals surface area contributed by atoms with Crippen LogP contribution in [0.4, 0.5) is 27.8 Å². The summed E-state index contributed by atoms with van der Waals surface area (Å²) in [6.45, 7) is 4.50. The molecule has 2 unspecified atom stereocenters. The highest BCUT2D eigenvalue weighted by atomic mass is 32.1. The van der Waals surface area contributed by atoms with Crippen molar-refractivity contribution in [3.8, 4) is 10.4 Å². The van der Waals surface area contributed by atoms with Crippen LogP contribution >= 0.6 is 11.3 Å². The first-order valence-corrected chi connectivity index (χ1v) is 12.0. The minimum Gasteiger partial charge on any atom is -0.367 e. The molecule has 1 amide bonds. The summed E-state index contributed by atoms with van der Waals surface area (Å²) in [6, 6.07) is 6.83. The number of aromatic nitrogens is 3. The van der Waals surface area contributed by atoms with Gasteiger partial charge in [-0.2, -0.15) is 13.2 Å². The van der Waals surface area contributed by atoms with Crippen molar-refractivity contribution in [2.24, 2.45) is 5.92 Å². The monoisotopic (exact) mass is 525 g/mol. The number of amides is 1. The van der Waals surface area contributed by atoms with Crippen LogP contribution in [-0.2, 0) is 6.18 Å². The summed E-state index contributed by atoms with van der Waals surface area (Å²) < 4.78 is 67.5. The van der Waals surface area contributed by atoms with Crippen LogP contribution < -0.4 is 5.32 Å². The Bertz CT molecular complexity index is 1240. The lowest BCUT2D eigenvalue weighted by atomic mass is 9.88. The van der Waals surface area contributed by atoms with Crippen molar-refractivity contribution < 1.29 is 26.7 Å². The second-order valence-corrected chi connectivity index (χ2v) is 10.2. The Morgan fingerprint density at radius 2 is 1.97 bits per heavy atom. The Labute approximate surface area is 208 Å². The van der Waals surface area contributed by atoms with E-state index in [-0.39, 0.29) is 18.1 Å². The molecule has 0 bridgehead atoms. The number of piperidine rings is 1. The maximum atomic E-state index is 14.6. The zero-order chi connectivity index (χ0) is 26.3. The molecule has 12 heteroatoms. The number of thiazole rings is 1. The Balaban J connectivity index is 1.61. The van der Waals surface area contributed by atoms with Crippen molar-refractivity contribution in [1.29, 1.82) is 0 Å². The summed E-state index contributed by atoms with van der Waals surface area (Å²) in [5.74, 6) is -4.26. The number of nitrogens with zero attached hydrogens (tertiary/aromatic N) is 4. The van der Waals surface area contributed by atoms with Gasteiger partial charge < -0.3 is 10.2 Å². The zero-order valence-corrected chi connectivity index (χ0v) is 20.6. The van der Waals surface area contributed by atoms with Crippen LogP contribution in [0, 0.1) is 19.8 Å². The molecular weight excluding hydrogens is 501 g/mol. The average molecular weight is 526 g/mol. The number of nitrogens with one attached hydrogen (secondary N) is 1. The van der Waals surface area contributed by atoms with Gasteiger partial charge in [0.1, 0.15) is 11.5 Å². The maximum absolute atomic E-state index is 14.6. The van der Waals surface area contributed by atoms with E-state index in [1.54, 1.807) is 13.8 Å². The summed E-state index contributed by atoms with van der Waals surface area (Å²) in [7, 11) is 0. The number of halogens is 5. The van der Waals surface area contributed by atoms with Gasteiger partial charge in [0.05, 0.1) is 34.9 Å². The first-order valence-electron chi connectivity index (χ1n) is 11.2. The molecule has 1 fully saturated rings. The Morgan fingerprint density at radius 3 is 2.61 bits per heavy atom. The first kappa shape index (κ1) is 25.9. The van der Waals surface area contributed by atoms with Gasteiger partial charge in [-0.1, -0.05) is 36.8 Å². The number of carbonyl (C=O) groups is 1. The summed E-state index contributed by atoms with van der Waals surface area (Å²) in [4.78, 5) is 26.8. The number of carbonyl (C=O) groups excluding carboxylic acids is 1. The Hall–Kier alpha value is -3.15. The number of hydrogen-bond acceptors (Lipinski definition) is 6. The third kappa shape index (κ3) is 5.63. The van der Waals surface area contributed by atoms with Gasteiger partial charge in [0.2, 0.25) is 0 Å². The molecule has 2 aromatic heterocycles. The van der Waals surface area contributed by atoms with Gasteiger partial charge in [-0.3, -0.25) is 4.79 Å². The van der Waals surface area contributed by atoms with Gasteiger partial charge in [-0.15, -0.1) is 11.3 Å². The first-order chi connectivity index (χ1) is 16.8. The van der Waals surface area contributed by atoms with Crippen LogP contribution in [0.3, 0.4) is 0 Å².